The fraction of sp³-hybridized carbons (Fsp3) is 0.259. The van der Waals surface area contributed by atoms with Crippen molar-refractivity contribution in [1.29, 1.82) is 0 Å². The molecule has 1 heterocycles. The van der Waals surface area contributed by atoms with Crippen molar-refractivity contribution in [3.63, 3.8) is 0 Å². The van der Waals surface area contributed by atoms with Gasteiger partial charge in [0.25, 0.3) is 11.8 Å². The maximum atomic E-state index is 12.8. The van der Waals surface area contributed by atoms with E-state index in [1.54, 1.807) is 49.6 Å². The van der Waals surface area contributed by atoms with E-state index in [2.05, 4.69) is 10.2 Å². The Morgan fingerprint density at radius 3 is 2.17 bits per heavy atom. The number of methoxy groups -OCH3 is 1. The lowest BCUT2D eigenvalue weighted by Gasteiger charge is -2.36. The predicted octanol–water partition coefficient (Wildman–Crippen LogP) is 4.96. The number of piperazine rings is 1. The molecule has 7 nitrogen and oxygen atoms in total. The summed E-state index contributed by atoms with van der Waals surface area (Å²) in [5, 5.41) is 3.30. The molecule has 0 bridgehead atoms. The van der Waals surface area contributed by atoms with Crippen LogP contribution in [0.2, 0.25) is 5.02 Å². The standard InChI is InChI=1S/C27H28ClN3O4/c1-3-35-25-13-6-20(18-24(25)28)26(32)29-21-7-9-22(10-8-21)30-14-16-31(17-15-30)27(33)19-4-11-23(34-2)12-5-19/h4-13,18H,3,14-17H2,1-2H3,(H,29,32). The fourth-order valence-electron chi connectivity index (χ4n) is 3.96. The highest BCUT2D eigenvalue weighted by Crippen LogP contribution is 2.26. The van der Waals surface area contributed by atoms with Crippen LogP contribution in [0.15, 0.2) is 66.7 Å². The van der Waals surface area contributed by atoms with Gasteiger partial charge in [0.05, 0.1) is 18.7 Å². The van der Waals surface area contributed by atoms with Crippen LogP contribution in [0.4, 0.5) is 11.4 Å². The molecule has 3 aromatic rings. The van der Waals surface area contributed by atoms with E-state index in [1.807, 2.05) is 36.1 Å². The van der Waals surface area contributed by atoms with Gasteiger partial charge in [0.15, 0.2) is 0 Å². The Morgan fingerprint density at radius 2 is 1.57 bits per heavy atom. The summed E-state index contributed by atoms with van der Waals surface area (Å²) in [6.45, 7) is 5.13. The number of hydrogen-bond donors (Lipinski definition) is 1. The zero-order valence-electron chi connectivity index (χ0n) is 19.8. The minimum Gasteiger partial charge on any atom is -0.497 e. The lowest BCUT2D eigenvalue weighted by Crippen LogP contribution is -2.48. The summed E-state index contributed by atoms with van der Waals surface area (Å²) >= 11 is 6.20. The molecular weight excluding hydrogens is 466 g/mol. The van der Waals surface area contributed by atoms with E-state index in [0.717, 1.165) is 24.5 Å². The Morgan fingerprint density at radius 1 is 0.914 bits per heavy atom. The summed E-state index contributed by atoms with van der Waals surface area (Å²) in [5.41, 5.74) is 2.86. The maximum absolute atomic E-state index is 12.8. The van der Waals surface area contributed by atoms with Crippen LogP contribution in [-0.4, -0.2) is 56.6 Å². The quantitative estimate of drug-likeness (QED) is 0.503. The molecule has 0 spiro atoms. The van der Waals surface area contributed by atoms with E-state index >= 15 is 0 Å². The molecule has 4 rings (SSSR count). The van der Waals surface area contributed by atoms with Gasteiger partial charge in [0.1, 0.15) is 11.5 Å². The van der Waals surface area contributed by atoms with Gasteiger partial charge in [0, 0.05) is 48.7 Å². The second-order valence-electron chi connectivity index (χ2n) is 8.09. The van der Waals surface area contributed by atoms with Crippen LogP contribution in [0.5, 0.6) is 11.5 Å². The lowest BCUT2D eigenvalue weighted by molar-refractivity contribution is 0.0746. The number of ether oxygens (including phenoxy) is 2. The molecule has 1 aliphatic heterocycles. The number of nitrogens with zero attached hydrogens (tertiary/aromatic N) is 2. The molecule has 0 aliphatic carbocycles. The summed E-state index contributed by atoms with van der Waals surface area (Å²) in [6.07, 6.45) is 0. The SMILES string of the molecule is CCOc1ccc(C(=O)Nc2ccc(N3CCN(C(=O)c4ccc(OC)cc4)CC3)cc2)cc1Cl. The Kier molecular flexibility index (Phi) is 7.77. The summed E-state index contributed by atoms with van der Waals surface area (Å²) < 4.78 is 10.6. The van der Waals surface area contributed by atoms with E-state index in [4.69, 9.17) is 21.1 Å². The zero-order chi connectivity index (χ0) is 24.8. The fourth-order valence-corrected chi connectivity index (χ4v) is 4.19. The van der Waals surface area contributed by atoms with Crippen molar-refractivity contribution < 1.29 is 19.1 Å². The average molecular weight is 494 g/mol. The van der Waals surface area contributed by atoms with Crippen molar-refractivity contribution in [3.8, 4) is 11.5 Å². The van der Waals surface area contributed by atoms with Gasteiger partial charge in [-0.05, 0) is 73.7 Å². The Balaban J connectivity index is 1.31. The molecule has 8 heteroatoms. The van der Waals surface area contributed by atoms with Gasteiger partial charge in [-0.1, -0.05) is 11.6 Å². The average Bonchev–Trinajstić information content (AvgIpc) is 2.90. The summed E-state index contributed by atoms with van der Waals surface area (Å²) in [4.78, 5) is 29.5. The van der Waals surface area contributed by atoms with Crippen LogP contribution in [0.3, 0.4) is 0 Å². The Bertz CT molecular complexity index is 1170. The highest BCUT2D eigenvalue weighted by atomic mass is 35.5. The van der Waals surface area contributed by atoms with E-state index in [1.165, 1.54) is 0 Å². The molecule has 0 unspecified atom stereocenters. The summed E-state index contributed by atoms with van der Waals surface area (Å²) in [7, 11) is 1.61. The van der Waals surface area contributed by atoms with Gasteiger partial charge >= 0.3 is 0 Å². The highest BCUT2D eigenvalue weighted by Gasteiger charge is 2.22. The third-order valence-corrected chi connectivity index (χ3v) is 6.18. The first-order valence-corrected chi connectivity index (χ1v) is 11.9. The van der Waals surface area contributed by atoms with Crippen molar-refractivity contribution >= 4 is 34.8 Å². The molecule has 1 saturated heterocycles. The molecule has 0 radical (unpaired) electrons. The van der Waals surface area contributed by atoms with Gasteiger partial charge in [0.2, 0.25) is 0 Å². The minimum absolute atomic E-state index is 0.0276. The maximum Gasteiger partial charge on any atom is 0.255 e. The Labute approximate surface area is 210 Å². The molecule has 2 amide bonds. The lowest BCUT2D eigenvalue weighted by atomic mass is 10.1. The number of anilines is 2. The van der Waals surface area contributed by atoms with Crippen molar-refractivity contribution in [1.82, 2.24) is 4.90 Å². The molecule has 182 valence electrons. The molecule has 3 aromatic carbocycles. The number of hydrogen-bond acceptors (Lipinski definition) is 5. The molecule has 1 N–H and O–H groups in total. The predicted molar refractivity (Wildman–Crippen MR) is 138 cm³/mol. The second-order valence-corrected chi connectivity index (χ2v) is 8.49. The number of rotatable bonds is 7. The van der Waals surface area contributed by atoms with Crippen molar-refractivity contribution in [2.75, 3.05) is 50.1 Å². The first kappa shape index (κ1) is 24.4. The van der Waals surface area contributed by atoms with Crippen LogP contribution in [0, 0.1) is 0 Å². The van der Waals surface area contributed by atoms with Crippen LogP contribution in [0.1, 0.15) is 27.6 Å². The summed E-state index contributed by atoms with van der Waals surface area (Å²) in [6, 6.07) is 19.9. The molecule has 0 saturated carbocycles. The van der Waals surface area contributed by atoms with Crippen molar-refractivity contribution in [2.24, 2.45) is 0 Å². The van der Waals surface area contributed by atoms with Gasteiger partial charge < -0.3 is 24.6 Å². The van der Waals surface area contributed by atoms with E-state index in [-0.39, 0.29) is 11.8 Å². The molecule has 1 fully saturated rings. The van der Waals surface area contributed by atoms with E-state index in [0.29, 0.717) is 47.3 Å². The monoisotopic (exact) mass is 493 g/mol. The van der Waals surface area contributed by atoms with E-state index in [9.17, 15) is 9.59 Å². The molecule has 0 aromatic heterocycles. The number of benzene rings is 3. The van der Waals surface area contributed by atoms with Gasteiger partial charge in [-0.3, -0.25) is 9.59 Å². The third-order valence-electron chi connectivity index (χ3n) is 5.89. The second kappa shape index (κ2) is 11.1. The topological polar surface area (TPSA) is 71.1 Å². The number of nitrogens with one attached hydrogen (secondary N) is 1. The largest absolute Gasteiger partial charge is 0.497 e. The molecule has 35 heavy (non-hydrogen) atoms. The minimum atomic E-state index is -0.242. The molecule has 0 atom stereocenters. The smallest absolute Gasteiger partial charge is 0.255 e. The molecular formula is C27H28ClN3O4. The van der Waals surface area contributed by atoms with Gasteiger partial charge in [-0.25, -0.2) is 0 Å². The summed E-state index contributed by atoms with van der Waals surface area (Å²) in [5.74, 6) is 1.07. The zero-order valence-corrected chi connectivity index (χ0v) is 20.5. The Hall–Kier alpha value is -3.71. The van der Waals surface area contributed by atoms with Crippen LogP contribution < -0.4 is 19.7 Å². The van der Waals surface area contributed by atoms with Crippen LogP contribution >= 0.6 is 11.6 Å². The van der Waals surface area contributed by atoms with Crippen LogP contribution in [-0.2, 0) is 0 Å². The normalized spacial score (nSPS) is 13.3. The number of carbonyl (C=O) groups is 2. The number of halogens is 1. The number of amides is 2. The number of carbonyl (C=O) groups excluding carboxylic acids is 2. The van der Waals surface area contributed by atoms with Gasteiger partial charge in [-0.15, -0.1) is 0 Å². The van der Waals surface area contributed by atoms with E-state index < -0.39 is 0 Å². The first-order chi connectivity index (χ1) is 17.0. The van der Waals surface area contributed by atoms with Crippen molar-refractivity contribution in [3.05, 3.63) is 82.9 Å². The van der Waals surface area contributed by atoms with Gasteiger partial charge in [-0.2, -0.15) is 0 Å². The molecule has 1 aliphatic rings. The van der Waals surface area contributed by atoms with Crippen molar-refractivity contribution in [2.45, 2.75) is 6.92 Å². The third kappa shape index (κ3) is 5.87. The first-order valence-electron chi connectivity index (χ1n) is 11.5. The van der Waals surface area contributed by atoms with Crippen LogP contribution in [0.25, 0.3) is 0 Å². The highest BCUT2D eigenvalue weighted by molar-refractivity contribution is 6.32.